The maximum atomic E-state index is 11.2. The molecule has 0 amide bonds. The van der Waals surface area contributed by atoms with E-state index in [9.17, 15) is 9.90 Å². The molecule has 1 aromatic rings. The van der Waals surface area contributed by atoms with E-state index in [0.717, 1.165) is 5.56 Å². The predicted octanol–water partition coefficient (Wildman–Crippen LogP) is 1.38. The Morgan fingerprint density at radius 1 is 1.36 bits per heavy atom. The van der Waals surface area contributed by atoms with Gasteiger partial charge in [0.05, 0.1) is 7.11 Å². The number of benzene rings is 1. The van der Waals surface area contributed by atoms with Crippen LogP contribution in [-0.4, -0.2) is 18.2 Å². The predicted molar refractivity (Wildman–Crippen MR) is 52.8 cm³/mol. The number of hydrogen-bond donors (Lipinski definition) is 1. The third-order valence-corrected chi connectivity index (χ3v) is 2.20. The Morgan fingerprint density at radius 3 is 2.29 bits per heavy atom. The van der Waals surface area contributed by atoms with Gasteiger partial charge in [0.2, 0.25) is 0 Å². The van der Waals surface area contributed by atoms with Crippen molar-refractivity contribution >= 4 is 5.97 Å². The van der Waals surface area contributed by atoms with Gasteiger partial charge in [-0.2, -0.15) is 0 Å². The SMILES string of the molecule is COC(=O)[C@](C)(O)c1ccc(C)cc1. The van der Waals surface area contributed by atoms with Crippen LogP contribution in [0, 0.1) is 6.92 Å². The average Bonchev–Trinajstić information content (AvgIpc) is 2.17. The minimum absolute atomic E-state index is 0.537. The van der Waals surface area contributed by atoms with E-state index in [1.807, 2.05) is 19.1 Å². The highest BCUT2D eigenvalue weighted by atomic mass is 16.5. The van der Waals surface area contributed by atoms with Crippen molar-refractivity contribution in [2.24, 2.45) is 0 Å². The Kier molecular flexibility index (Phi) is 2.91. The van der Waals surface area contributed by atoms with E-state index in [1.54, 1.807) is 12.1 Å². The largest absolute Gasteiger partial charge is 0.467 e. The molecule has 0 saturated heterocycles. The van der Waals surface area contributed by atoms with E-state index in [0.29, 0.717) is 5.56 Å². The second kappa shape index (κ2) is 3.80. The van der Waals surface area contributed by atoms with Crippen LogP contribution in [0.1, 0.15) is 18.1 Å². The summed E-state index contributed by atoms with van der Waals surface area (Å²) in [6, 6.07) is 7.11. The molecule has 0 spiro atoms. The summed E-state index contributed by atoms with van der Waals surface area (Å²) in [6.45, 7) is 3.36. The van der Waals surface area contributed by atoms with Crippen molar-refractivity contribution in [1.82, 2.24) is 0 Å². The van der Waals surface area contributed by atoms with E-state index in [-0.39, 0.29) is 0 Å². The maximum absolute atomic E-state index is 11.2. The lowest BCUT2D eigenvalue weighted by Crippen LogP contribution is -2.33. The molecule has 0 heterocycles. The van der Waals surface area contributed by atoms with Gasteiger partial charge in [-0.05, 0) is 19.4 Å². The van der Waals surface area contributed by atoms with Crippen molar-refractivity contribution in [3.63, 3.8) is 0 Å². The zero-order valence-corrected chi connectivity index (χ0v) is 8.57. The fourth-order valence-corrected chi connectivity index (χ4v) is 1.19. The van der Waals surface area contributed by atoms with Gasteiger partial charge in [0.25, 0.3) is 0 Å². The molecule has 0 aliphatic rings. The Balaban J connectivity index is 3.03. The normalized spacial score (nSPS) is 14.6. The number of aryl methyl sites for hydroxylation is 1. The van der Waals surface area contributed by atoms with Crippen LogP contribution in [0.2, 0.25) is 0 Å². The summed E-state index contributed by atoms with van der Waals surface area (Å²) < 4.78 is 4.51. The molecular formula is C11H14O3. The molecule has 0 bridgehead atoms. The van der Waals surface area contributed by atoms with Crippen molar-refractivity contribution in [2.45, 2.75) is 19.4 Å². The highest BCUT2D eigenvalue weighted by Gasteiger charge is 2.33. The van der Waals surface area contributed by atoms with Crippen molar-refractivity contribution in [1.29, 1.82) is 0 Å². The van der Waals surface area contributed by atoms with E-state index in [4.69, 9.17) is 0 Å². The number of hydrogen-bond acceptors (Lipinski definition) is 3. The highest BCUT2D eigenvalue weighted by molar-refractivity contribution is 5.80. The molecule has 0 aliphatic heterocycles. The van der Waals surface area contributed by atoms with E-state index in [1.165, 1.54) is 14.0 Å². The second-order valence-electron chi connectivity index (χ2n) is 3.43. The fraction of sp³-hybridized carbons (Fsp3) is 0.364. The van der Waals surface area contributed by atoms with Crippen LogP contribution in [0.3, 0.4) is 0 Å². The summed E-state index contributed by atoms with van der Waals surface area (Å²) in [4.78, 5) is 11.2. The number of carbonyl (C=O) groups is 1. The van der Waals surface area contributed by atoms with Gasteiger partial charge in [-0.25, -0.2) is 4.79 Å². The molecule has 1 atom stereocenters. The zero-order valence-electron chi connectivity index (χ0n) is 8.57. The van der Waals surface area contributed by atoms with Crippen LogP contribution in [0.5, 0.6) is 0 Å². The fourth-order valence-electron chi connectivity index (χ4n) is 1.19. The lowest BCUT2D eigenvalue weighted by molar-refractivity contribution is -0.161. The summed E-state index contributed by atoms with van der Waals surface area (Å²) in [5, 5.41) is 9.87. The summed E-state index contributed by atoms with van der Waals surface area (Å²) in [7, 11) is 1.25. The van der Waals surface area contributed by atoms with Gasteiger partial charge >= 0.3 is 5.97 Å². The van der Waals surface area contributed by atoms with Crippen LogP contribution in [0.25, 0.3) is 0 Å². The molecule has 3 heteroatoms. The Bertz CT molecular complexity index is 325. The number of rotatable bonds is 2. The van der Waals surface area contributed by atoms with Crippen LogP contribution in [0.4, 0.5) is 0 Å². The van der Waals surface area contributed by atoms with Crippen molar-refractivity contribution in [3.05, 3.63) is 35.4 Å². The van der Waals surface area contributed by atoms with Gasteiger partial charge < -0.3 is 9.84 Å². The lowest BCUT2D eigenvalue weighted by atomic mass is 9.95. The number of carbonyl (C=O) groups excluding carboxylic acids is 1. The first-order valence-electron chi connectivity index (χ1n) is 4.36. The van der Waals surface area contributed by atoms with E-state index >= 15 is 0 Å². The van der Waals surface area contributed by atoms with Gasteiger partial charge in [0.1, 0.15) is 0 Å². The molecular weight excluding hydrogens is 180 g/mol. The molecule has 76 valence electrons. The Labute approximate surface area is 83.3 Å². The molecule has 0 aromatic heterocycles. The number of esters is 1. The second-order valence-corrected chi connectivity index (χ2v) is 3.43. The minimum atomic E-state index is -1.57. The number of methoxy groups -OCH3 is 1. The molecule has 0 saturated carbocycles. The van der Waals surface area contributed by atoms with Gasteiger partial charge in [-0.3, -0.25) is 0 Å². The molecule has 3 nitrogen and oxygen atoms in total. The maximum Gasteiger partial charge on any atom is 0.342 e. The number of ether oxygens (including phenoxy) is 1. The first kappa shape index (κ1) is 10.7. The van der Waals surface area contributed by atoms with Crippen molar-refractivity contribution in [2.75, 3.05) is 7.11 Å². The van der Waals surface area contributed by atoms with Gasteiger partial charge in [-0.1, -0.05) is 29.8 Å². The van der Waals surface area contributed by atoms with Gasteiger partial charge in [0, 0.05) is 0 Å². The topological polar surface area (TPSA) is 46.5 Å². The third kappa shape index (κ3) is 1.93. The summed E-state index contributed by atoms with van der Waals surface area (Å²) in [5.41, 5.74) is 0.0481. The molecule has 0 radical (unpaired) electrons. The average molecular weight is 194 g/mol. The Morgan fingerprint density at radius 2 is 1.86 bits per heavy atom. The monoisotopic (exact) mass is 194 g/mol. The minimum Gasteiger partial charge on any atom is -0.467 e. The molecule has 14 heavy (non-hydrogen) atoms. The third-order valence-electron chi connectivity index (χ3n) is 2.20. The molecule has 0 aliphatic carbocycles. The van der Waals surface area contributed by atoms with Gasteiger partial charge in [0.15, 0.2) is 5.60 Å². The smallest absolute Gasteiger partial charge is 0.342 e. The molecule has 1 N–H and O–H groups in total. The standard InChI is InChI=1S/C11H14O3/c1-8-4-6-9(7-5-8)11(2,13)10(12)14-3/h4-7,13H,1-3H3/t11-/m1/s1. The number of aliphatic hydroxyl groups is 1. The van der Waals surface area contributed by atoms with Crippen LogP contribution < -0.4 is 0 Å². The zero-order chi connectivity index (χ0) is 10.8. The van der Waals surface area contributed by atoms with E-state index in [2.05, 4.69) is 4.74 Å². The van der Waals surface area contributed by atoms with Crippen LogP contribution in [0.15, 0.2) is 24.3 Å². The molecule has 0 fully saturated rings. The highest BCUT2D eigenvalue weighted by Crippen LogP contribution is 2.22. The van der Waals surface area contributed by atoms with Crippen LogP contribution >= 0.6 is 0 Å². The quantitative estimate of drug-likeness (QED) is 0.723. The first-order chi connectivity index (χ1) is 6.48. The van der Waals surface area contributed by atoms with Gasteiger partial charge in [-0.15, -0.1) is 0 Å². The first-order valence-corrected chi connectivity index (χ1v) is 4.36. The molecule has 1 rings (SSSR count). The molecule has 1 aromatic carbocycles. The van der Waals surface area contributed by atoms with E-state index < -0.39 is 11.6 Å². The molecule has 0 unspecified atom stereocenters. The summed E-state index contributed by atoms with van der Waals surface area (Å²) in [6.07, 6.45) is 0. The lowest BCUT2D eigenvalue weighted by Gasteiger charge is -2.20. The van der Waals surface area contributed by atoms with Crippen molar-refractivity contribution < 1.29 is 14.6 Å². The Hall–Kier alpha value is -1.35. The summed E-state index contributed by atoms with van der Waals surface area (Å²) in [5.74, 6) is -0.652. The summed E-state index contributed by atoms with van der Waals surface area (Å²) >= 11 is 0. The van der Waals surface area contributed by atoms with Crippen LogP contribution in [-0.2, 0) is 15.1 Å². The van der Waals surface area contributed by atoms with Crippen molar-refractivity contribution in [3.8, 4) is 0 Å².